The van der Waals surface area contributed by atoms with Crippen molar-refractivity contribution < 1.29 is 12.6 Å². The van der Waals surface area contributed by atoms with Crippen LogP contribution in [0.25, 0.3) is 0 Å². The summed E-state index contributed by atoms with van der Waals surface area (Å²) in [6.07, 6.45) is 9.21. The van der Waals surface area contributed by atoms with Crippen molar-refractivity contribution >= 4 is 26.0 Å². The Morgan fingerprint density at radius 1 is 0.933 bits per heavy atom. The minimum absolute atomic E-state index is 0.334. The van der Waals surface area contributed by atoms with Gasteiger partial charge < -0.3 is 0 Å². The van der Waals surface area contributed by atoms with Crippen LogP contribution < -0.4 is 0 Å². The van der Waals surface area contributed by atoms with E-state index in [0.717, 1.165) is 24.4 Å². The molecule has 0 aromatic heterocycles. The molecular formula is C10H21BrO3S. The second-order valence-corrected chi connectivity index (χ2v) is 6.13. The van der Waals surface area contributed by atoms with Gasteiger partial charge in [0.1, 0.15) is 0 Å². The largest absolute Gasteiger partial charge is 0.270 e. The van der Waals surface area contributed by atoms with Gasteiger partial charge in [-0.3, -0.25) is 4.18 Å². The van der Waals surface area contributed by atoms with Crippen LogP contribution >= 0.6 is 15.9 Å². The van der Waals surface area contributed by atoms with Crippen LogP contribution in [0.1, 0.15) is 44.9 Å². The Morgan fingerprint density at radius 3 is 1.87 bits per heavy atom. The zero-order chi connectivity index (χ0) is 11.6. The predicted molar refractivity (Wildman–Crippen MR) is 66.9 cm³/mol. The summed E-state index contributed by atoms with van der Waals surface area (Å²) >= 11 is 3.40. The molecule has 0 aliphatic rings. The molecule has 0 aliphatic heterocycles. The molecule has 0 saturated carbocycles. The maximum Gasteiger partial charge on any atom is 0.264 e. The van der Waals surface area contributed by atoms with E-state index in [0.29, 0.717) is 6.61 Å². The fourth-order valence-electron chi connectivity index (χ4n) is 1.29. The lowest BCUT2D eigenvalue weighted by atomic mass is 10.1. The van der Waals surface area contributed by atoms with E-state index in [-0.39, 0.29) is 0 Å². The zero-order valence-corrected chi connectivity index (χ0v) is 11.8. The highest BCUT2D eigenvalue weighted by atomic mass is 79.9. The SMILES string of the molecule is CS(=O)(=O)OCCCCCCCCCBr. The Balaban J connectivity index is 3.06. The topological polar surface area (TPSA) is 43.4 Å². The first kappa shape index (κ1) is 15.4. The lowest BCUT2D eigenvalue weighted by Gasteiger charge is -2.01. The summed E-state index contributed by atoms with van der Waals surface area (Å²) in [4.78, 5) is 0. The van der Waals surface area contributed by atoms with Gasteiger partial charge in [0.2, 0.25) is 0 Å². The molecule has 0 N–H and O–H groups in total. The molecule has 0 amide bonds. The summed E-state index contributed by atoms with van der Waals surface area (Å²) < 4.78 is 25.9. The number of hydrogen-bond donors (Lipinski definition) is 0. The smallest absolute Gasteiger partial charge is 0.264 e. The monoisotopic (exact) mass is 300 g/mol. The molecule has 0 aromatic carbocycles. The molecule has 92 valence electrons. The maximum absolute atomic E-state index is 10.6. The van der Waals surface area contributed by atoms with E-state index in [1.807, 2.05) is 0 Å². The molecule has 0 radical (unpaired) electrons. The van der Waals surface area contributed by atoms with Gasteiger partial charge in [0, 0.05) is 5.33 Å². The lowest BCUT2D eigenvalue weighted by Crippen LogP contribution is -2.03. The van der Waals surface area contributed by atoms with E-state index in [1.54, 1.807) is 0 Å². The van der Waals surface area contributed by atoms with E-state index < -0.39 is 10.1 Å². The highest BCUT2D eigenvalue weighted by Gasteiger charge is 1.99. The van der Waals surface area contributed by atoms with Crippen molar-refractivity contribution in [1.82, 2.24) is 0 Å². The zero-order valence-electron chi connectivity index (χ0n) is 9.37. The highest BCUT2D eigenvalue weighted by molar-refractivity contribution is 9.09. The molecule has 0 spiro atoms. The third-order valence-electron chi connectivity index (χ3n) is 2.08. The molecular weight excluding hydrogens is 280 g/mol. The molecule has 0 atom stereocenters. The maximum atomic E-state index is 10.6. The fourth-order valence-corrected chi connectivity index (χ4v) is 2.11. The average Bonchev–Trinajstić information content (AvgIpc) is 2.14. The average molecular weight is 301 g/mol. The van der Waals surface area contributed by atoms with Crippen LogP contribution in [0.3, 0.4) is 0 Å². The standard InChI is InChI=1S/C10H21BrO3S/c1-15(12,13)14-10-8-6-4-2-3-5-7-9-11/h2-10H2,1H3. The van der Waals surface area contributed by atoms with Crippen LogP contribution in [0.4, 0.5) is 0 Å². The summed E-state index contributed by atoms with van der Waals surface area (Å²) in [5, 5.41) is 1.09. The van der Waals surface area contributed by atoms with Crippen LogP contribution in [0, 0.1) is 0 Å². The van der Waals surface area contributed by atoms with Crippen LogP contribution in [-0.4, -0.2) is 26.6 Å². The summed E-state index contributed by atoms with van der Waals surface area (Å²) in [6.45, 7) is 0.334. The van der Waals surface area contributed by atoms with Gasteiger partial charge in [-0.05, 0) is 12.8 Å². The van der Waals surface area contributed by atoms with Gasteiger partial charge in [-0.15, -0.1) is 0 Å². The van der Waals surface area contributed by atoms with Crippen LogP contribution in [-0.2, 0) is 14.3 Å². The molecule has 0 heterocycles. The van der Waals surface area contributed by atoms with Crippen molar-refractivity contribution in [3.05, 3.63) is 0 Å². The molecule has 3 nitrogen and oxygen atoms in total. The van der Waals surface area contributed by atoms with Crippen molar-refractivity contribution in [3.8, 4) is 0 Å². The van der Waals surface area contributed by atoms with Crippen LogP contribution in [0.15, 0.2) is 0 Å². The lowest BCUT2D eigenvalue weighted by molar-refractivity contribution is 0.309. The van der Waals surface area contributed by atoms with E-state index in [4.69, 9.17) is 0 Å². The van der Waals surface area contributed by atoms with Crippen molar-refractivity contribution in [1.29, 1.82) is 0 Å². The minimum Gasteiger partial charge on any atom is -0.270 e. The fraction of sp³-hybridized carbons (Fsp3) is 1.00. The number of alkyl halides is 1. The Labute approximate surface area is 102 Å². The number of hydrogen-bond acceptors (Lipinski definition) is 3. The van der Waals surface area contributed by atoms with E-state index in [1.165, 1.54) is 32.1 Å². The van der Waals surface area contributed by atoms with Gasteiger partial charge >= 0.3 is 0 Å². The summed E-state index contributed by atoms with van der Waals surface area (Å²) in [6, 6.07) is 0. The van der Waals surface area contributed by atoms with Gasteiger partial charge in [0.15, 0.2) is 0 Å². The van der Waals surface area contributed by atoms with Crippen molar-refractivity contribution in [2.24, 2.45) is 0 Å². The minimum atomic E-state index is -3.23. The number of unbranched alkanes of at least 4 members (excludes halogenated alkanes) is 6. The first-order valence-electron chi connectivity index (χ1n) is 5.46. The predicted octanol–water partition coefficient (Wildman–Crippen LogP) is 3.09. The summed E-state index contributed by atoms with van der Waals surface area (Å²) in [7, 11) is -3.23. The van der Waals surface area contributed by atoms with Gasteiger partial charge in [-0.1, -0.05) is 48.0 Å². The van der Waals surface area contributed by atoms with Gasteiger partial charge in [-0.2, -0.15) is 8.42 Å². The summed E-state index contributed by atoms with van der Waals surface area (Å²) in [5.41, 5.74) is 0. The van der Waals surface area contributed by atoms with E-state index in [9.17, 15) is 8.42 Å². The molecule has 0 aliphatic carbocycles. The second-order valence-electron chi connectivity index (χ2n) is 3.69. The molecule has 0 unspecified atom stereocenters. The number of rotatable bonds is 10. The third-order valence-corrected chi connectivity index (χ3v) is 3.23. The van der Waals surface area contributed by atoms with Gasteiger partial charge in [0.05, 0.1) is 12.9 Å². The molecule has 0 bridgehead atoms. The quantitative estimate of drug-likeness (QED) is 0.354. The Hall–Kier alpha value is 0.390. The van der Waals surface area contributed by atoms with E-state index in [2.05, 4.69) is 20.1 Å². The first-order chi connectivity index (χ1) is 7.06. The Bertz CT molecular complexity index is 227. The Morgan fingerprint density at radius 2 is 1.40 bits per heavy atom. The van der Waals surface area contributed by atoms with Crippen LogP contribution in [0.5, 0.6) is 0 Å². The molecule has 0 fully saturated rings. The molecule has 0 rings (SSSR count). The molecule has 5 heteroatoms. The number of halogens is 1. The van der Waals surface area contributed by atoms with Crippen LogP contribution in [0.2, 0.25) is 0 Å². The molecule has 0 saturated heterocycles. The van der Waals surface area contributed by atoms with Gasteiger partial charge in [0.25, 0.3) is 10.1 Å². The van der Waals surface area contributed by atoms with Gasteiger partial charge in [-0.25, -0.2) is 0 Å². The molecule has 0 aromatic rings. The van der Waals surface area contributed by atoms with Crippen molar-refractivity contribution in [2.45, 2.75) is 44.9 Å². The normalized spacial score (nSPS) is 11.9. The Kier molecular flexibility index (Phi) is 9.85. The first-order valence-corrected chi connectivity index (χ1v) is 8.40. The summed E-state index contributed by atoms with van der Waals surface area (Å²) in [5.74, 6) is 0. The third kappa shape index (κ3) is 14.4. The highest BCUT2D eigenvalue weighted by Crippen LogP contribution is 2.08. The second kappa shape index (κ2) is 9.60. The van der Waals surface area contributed by atoms with Crippen molar-refractivity contribution in [3.63, 3.8) is 0 Å². The molecule has 15 heavy (non-hydrogen) atoms. The van der Waals surface area contributed by atoms with E-state index >= 15 is 0 Å². The van der Waals surface area contributed by atoms with Crippen molar-refractivity contribution in [2.75, 3.05) is 18.2 Å².